The van der Waals surface area contributed by atoms with Crippen molar-refractivity contribution in [1.82, 2.24) is 0 Å². The van der Waals surface area contributed by atoms with Gasteiger partial charge < -0.3 is 5.64 Å². The van der Waals surface area contributed by atoms with E-state index in [1.165, 1.54) is 0 Å². The molecule has 0 aromatic rings. The van der Waals surface area contributed by atoms with Gasteiger partial charge in [0.05, 0.1) is 0 Å². The Morgan fingerprint density at radius 3 is 1.50 bits per heavy atom. The molecule has 0 unspecified atom stereocenters. The maximum Gasteiger partial charge on any atom is 0.190 e. The zero-order valence-electron chi connectivity index (χ0n) is 4.65. The molecule has 0 atom stereocenters. The highest BCUT2D eigenvalue weighted by molar-refractivity contribution is 7.21. The Kier molecular flexibility index (Phi) is 1.87. The van der Waals surface area contributed by atoms with Crippen LogP contribution in [0.1, 0.15) is 0 Å². The van der Waals surface area contributed by atoms with E-state index in [1.54, 1.807) is 0 Å². The zero-order valence-corrected chi connectivity index (χ0v) is 5.65. The van der Waals surface area contributed by atoms with Gasteiger partial charge in [-0.3, -0.25) is 0 Å². The standard InChI is InChI=1S/C3H11BNSi/c1-6(2,3)4-5/h5H2,1-3H3. The number of hydrogen-bond acceptors (Lipinski definition) is 1. The Bertz CT molecular complexity index is 40.5. The molecule has 0 aliphatic heterocycles. The summed E-state index contributed by atoms with van der Waals surface area (Å²) in [6, 6.07) is 0. The van der Waals surface area contributed by atoms with Crippen LogP contribution in [-0.2, 0) is 0 Å². The van der Waals surface area contributed by atoms with E-state index in [-0.39, 0.29) is 0 Å². The van der Waals surface area contributed by atoms with Gasteiger partial charge in [0.2, 0.25) is 0 Å². The number of rotatable bonds is 1. The molecular formula is C3H11BNSi. The molecule has 1 nitrogen and oxygen atoms in total. The second kappa shape index (κ2) is 1.80. The van der Waals surface area contributed by atoms with Crippen molar-refractivity contribution >= 4 is 15.0 Å². The average molecular weight is 100 g/mol. The molecular weight excluding hydrogens is 88.9 g/mol. The SMILES string of the molecule is C[Si](C)(C)[B]N. The number of hydrogen-bond donors (Lipinski definition) is 1. The zero-order chi connectivity index (χ0) is 5.21. The van der Waals surface area contributed by atoms with Crippen molar-refractivity contribution in [2.45, 2.75) is 19.6 Å². The van der Waals surface area contributed by atoms with Crippen LogP contribution in [-0.4, -0.2) is 15.0 Å². The molecule has 0 fully saturated rings. The molecule has 0 saturated heterocycles. The molecule has 2 N–H and O–H groups in total. The molecule has 3 heteroatoms. The summed E-state index contributed by atoms with van der Waals surface area (Å²) in [7, 11) is 0.848. The minimum absolute atomic E-state index is 0.978. The summed E-state index contributed by atoms with van der Waals surface area (Å²) >= 11 is 0. The summed E-state index contributed by atoms with van der Waals surface area (Å²) < 4.78 is 0. The summed E-state index contributed by atoms with van der Waals surface area (Å²) in [6.45, 7) is 6.60. The highest BCUT2D eigenvalue weighted by Crippen LogP contribution is 1.91. The van der Waals surface area contributed by atoms with Gasteiger partial charge in [0, 0.05) is 7.94 Å². The molecule has 6 heavy (non-hydrogen) atoms. The van der Waals surface area contributed by atoms with Crippen molar-refractivity contribution in [3.8, 4) is 0 Å². The predicted octanol–water partition coefficient (Wildman–Crippen LogP) is 0.399. The highest BCUT2D eigenvalue weighted by atomic mass is 28.3. The minimum atomic E-state index is -0.978. The van der Waals surface area contributed by atoms with Gasteiger partial charge in [-0.05, 0) is 0 Å². The Labute approximate surface area is 41.1 Å². The van der Waals surface area contributed by atoms with Gasteiger partial charge in [0.25, 0.3) is 0 Å². The third-order valence-corrected chi connectivity index (χ3v) is 1.50. The van der Waals surface area contributed by atoms with Crippen molar-refractivity contribution in [1.29, 1.82) is 0 Å². The second-order valence-electron chi connectivity index (χ2n) is 2.53. The average Bonchev–Trinajstić information content (AvgIpc) is 1.35. The molecule has 0 saturated carbocycles. The summed E-state index contributed by atoms with van der Waals surface area (Å²) in [5, 5.41) is 0. The van der Waals surface area contributed by atoms with E-state index in [0.29, 0.717) is 0 Å². The van der Waals surface area contributed by atoms with Crippen LogP contribution < -0.4 is 5.64 Å². The van der Waals surface area contributed by atoms with Crippen LogP contribution in [0.2, 0.25) is 19.6 Å². The largest absolute Gasteiger partial charge is 0.377 e. The maximum atomic E-state index is 5.24. The lowest BCUT2D eigenvalue weighted by Gasteiger charge is -2.07. The first-order chi connectivity index (χ1) is 2.56. The van der Waals surface area contributed by atoms with Gasteiger partial charge in [0.15, 0.2) is 7.01 Å². The molecule has 1 radical (unpaired) electrons. The predicted molar refractivity (Wildman–Crippen MR) is 33.3 cm³/mol. The highest BCUT2D eigenvalue weighted by Gasteiger charge is 2.09. The van der Waals surface area contributed by atoms with E-state index >= 15 is 0 Å². The van der Waals surface area contributed by atoms with Crippen LogP contribution in [0.15, 0.2) is 0 Å². The van der Waals surface area contributed by atoms with Crippen LogP contribution in [0.25, 0.3) is 0 Å². The molecule has 0 aromatic heterocycles. The Hall–Kier alpha value is 0.242. The molecule has 0 spiro atoms. The van der Waals surface area contributed by atoms with E-state index in [0.717, 1.165) is 0 Å². The van der Waals surface area contributed by atoms with Crippen LogP contribution in [0.3, 0.4) is 0 Å². The van der Waals surface area contributed by atoms with Crippen LogP contribution in [0, 0.1) is 0 Å². The lowest BCUT2D eigenvalue weighted by Crippen LogP contribution is -2.36. The summed E-state index contributed by atoms with van der Waals surface area (Å²) in [4.78, 5) is 0. The minimum Gasteiger partial charge on any atom is -0.377 e. The maximum absolute atomic E-state index is 5.24. The van der Waals surface area contributed by atoms with Crippen molar-refractivity contribution in [2.24, 2.45) is 5.64 Å². The smallest absolute Gasteiger partial charge is 0.190 e. The first kappa shape index (κ1) is 6.24. The summed E-state index contributed by atoms with van der Waals surface area (Å²) in [5.74, 6) is 0. The Morgan fingerprint density at radius 1 is 1.33 bits per heavy atom. The molecule has 0 aromatic carbocycles. The third kappa shape index (κ3) is 4.24. The van der Waals surface area contributed by atoms with Gasteiger partial charge in [0.1, 0.15) is 0 Å². The number of nitrogens with two attached hydrogens (primary N) is 1. The lowest BCUT2D eigenvalue weighted by molar-refractivity contribution is 1.81. The topological polar surface area (TPSA) is 26.0 Å². The molecule has 0 heterocycles. The molecule has 0 rings (SSSR count). The Balaban J connectivity index is 3.17. The third-order valence-electron chi connectivity index (χ3n) is 0.500. The van der Waals surface area contributed by atoms with Crippen LogP contribution >= 0.6 is 0 Å². The van der Waals surface area contributed by atoms with Crippen molar-refractivity contribution in [3.63, 3.8) is 0 Å². The molecule has 0 aliphatic rings. The Morgan fingerprint density at radius 2 is 1.50 bits per heavy atom. The fourth-order valence-corrected chi connectivity index (χ4v) is 0. The van der Waals surface area contributed by atoms with E-state index < -0.39 is 7.94 Å². The van der Waals surface area contributed by atoms with Crippen molar-refractivity contribution in [2.75, 3.05) is 0 Å². The van der Waals surface area contributed by atoms with Crippen molar-refractivity contribution < 1.29 is 0 Å². The van der Waals surface area contributed by atoms with Crippen LogP contribution in [0.4, 0.5) is 0 Å². The first-order valence-corrected chi connectivity index (χ1v) is 5.70. The van der Waals surface area contributed by atoms with Gasteiger partial charge >= 0.3 is 0 Å². The second-order valence-corrected chi connectivity index (χ2v) is 7.60. The van der Waals surface area contributed by atoms with Crippen molar-refractivity contribution in [3.05, 3.63) is 0 Å². The summed E-state index contributed by atoms with van der Waals surface area (Å²) in [5.41, 5.74) is 5.24. The monoisotopic (exact) mass is 100 g/mol. The van der Waals surface area contributed by atoms with Gasteiger partial charge in [-0.2, -0.15) is 0 Å². The van der Waals surface area contributed by atoms with Gasteiger partial charge in [-0.15, -0.1) is 0 Å². The summed E-state index contributed by atoms with van der Waals surface area (Å²) in [6.07, 6.45) is 0. The normalized spacial score (nSPS) is 11.3. The van der Waals surface area contributed by atoms with E-state index in [2.05, 4.69) is 19.6 Å². The molecule has 35 valence electrons. The van der Waals surface area contributed by atoms with Gasteiger partial charge in [-0.25, -0.2) is 0 Å². The first-order valence-electron chi connectivity index (χ1n) is 2.12. The van der Waals surface area contributed by atoms with E-state index in [1.807, 2.05) is 7.01 Å². The fourth-order valence-electron chi connectivity index (χ4n) is 0. The van der Waals surface area contributed by atoms with E-state index in [9.17, 15) is 0 Å². The fraction of sp³-hybridized carbons (Fsp3) is 1.00. The van der Waals surface area contributed by atoms with Crippen LogP contribution in [0.5, 0.6) is 0 Å². The molecule has 0 amide bonds. The molecule has 0 bridgehead atoms. The van der Waals surface area contributed by atoms with Gasteiger partial charge in [-0.1, -0.05) is 19.6 Å². The van der Waals surface area contributed by atoms with E-state index in [4.69, 9.17) is 5.64 Å². The lowest BCUT2D eigenvalue weighted by atomic mass is 10.5. The molecule has 0 aliphatic carbocycles. The quantitative estimate of drug-likeness (QED) is 0.474.